The van der Waals surface area contributed by atoms with Crippen LogP contribution in [0.5, 0.6) is 0 Å². The van der Waals surface area contributed by atoms with Crippen LogP contribution in [0.3, 0.4) is 0 Å². The molecule has 0 fully saturated rings. The average Bonchev–Trinajstić information content (AvgIpc) is 2.72. The highest BCUT2D eigenvalue weighted by Gasteiger charge is 2.04. The molecule has 0 saturated heterocycles. The van der Waals surface area contributed by atoms with Crippen LogP contribution in [-0.2, 0) is 6.54 Å². The van der Waals surface area contributed by atoms with Crippen molar-refractivity contribution in [3.05, 3.63) is 28.9 Å². The number of halogens is 1. The third-order valence-corrected chi connectivity index (χ3v) is 3.96. The van der Waals surface area contributed by atoms with E-state index in [9.17, 15) is 0 Å². The molecule has 1 N–H and O–H groups in total. The van der Waals surface area contributed by atoms with Gasteiger partial charge in [0.15, 0.2) is 5.65 Å². The number of nitrogens with one attached hydrogen (secondary N) is 1. The molecule has 92 valence electrons. The highest BCUT2D eigenvalue weighted by Crippen LogP contribution is 2.10. The summed E-state index contributed by atoms with van der Waals surface area (Å²) in [6.07, 6.45) is 7.72. The van der Waals surface area contributed by atoms with Gasteiger partial charge in [0.1, 0.15) is 4.60 Å². The van der Waals surface area contributed by atoms with Crippen LogP contribution in [0.15, 0.2) is 23.2 Å². The second-order valence-corrected chi connectivity index (χ2v) is 5.95. The summed E-state index contributed by atoms with van der Waals surface area (Å²) in [5.41, 5.74) is 2.03. The van der Waals surface area contributed by atoms with Gasteiger partial charge in [0.2, 0.25) is 0 Å². The average molecular weight is 315 g/mol. The Kier molecular flexibility index (Phi) is 4.42. The first kappa shape index (κ1) is 12.9. The maximum atomic E-state index is 4.31. The summed E-state index contributed by atoms with van der Waals surface area (Å²) in [6.45, 7) is 4.04. The molecule has 2 heterocycles. The first-order valence-electron chi connectivity index (χ1n) is 5.41. The van der Waals surface area contributed by atoms with Gasteiger partial charge in [0.25, 0.3) is 0 Å². The lowest BCUT2D eigenvalue weighted by Gasteiger charge is -2.09. The molecule has 0 aliphatic carbocycles. The predicted octanol–water partition coefficient (Wildman–Crippen LogP) is 2.33. The maximum Gasteiger partial charge on any atom is 0.155 e. The van der Waals surface area contributed by atoms with E-state index >= 15 is 0 Å². The Morgan fingerprint density at radius 2 is 2.29 bits per heavy atom. The van der Waals surface area contributed by atoms with Gasteiger partial charge in [0, 0.05) is 24.5 Å². The lowest BCUT2D eigenvalue weighted by Crippen LogP contribution is -2.22. The van der Waals surface area contributed by atoms with Crippen molar-refractivity contribution in [3.63, 3.8) is 0 Å². The van der Waals surface area contributed by atoms with E-state index in [1.165, 1.54) is 0 Å². The summed E-state index contributed by atoms with van der Waals surface area (Å²) >= 11 is 5.24. The Morgan fingerprint density at radius 1 is 1.47 bits per heavy atom. The number of fused-ring (bicyclic) bond motifs is 1. The molecular formula is C11H15BrN4S. The van der Waals surface area contributed by atoms with Crippen LogP contribution in [0.25, 0.3) is 5.65 Å². The molecule has 4 nitrogen and oxygen atoms in total. The molecule has 17 heavy (non-hydrogen) atoms. The van der Waals surface area contributed by atoms with E-state index in [1.807, 2.05) is 28.6 Å². The van der Waals surface area contributed by atoms with Crippen LogP contribution >= 0.6 is 27.7 Å². The number of aromatic nitrogens is 3. The van der Waals surface area contributed by atoms with Gasteiger partial charge in [-0.15, -0.1) is 0 Å². The molecule has 6 heteroatoms. The van der Waals surface area contributed by atoms with E-state index in [-0.39, 0.29) is 0 Å². The number of hydrogen-bond acceptors (Lipinski definition) is 4. The van der Waals surface area contributed by atoms with E-state index in [0.29, 0.717) is 5.25 Å². The summed E-state index contributed by atoms with van der Waals surface area (Å²) < 4.78 is 2.87. The van der Waals surface area contributed by atoms with Crippen molar-refractivity contribution in [1.82, 2.24) is 19.7 Å². The molecule has 1 unspecified atom stereocenters. The highest BCUT2D eigenvalue weighted by atomic mass is 79.9. The van der Waals surface area contributed by atoms with Gasteiger partial charge < -0.3 is 5.32 Å². The monoisotopic (exact) mass is 314 g/mol. The lowest BCUT2D eigenvalue weighted by atomic mass is 10.4. The number of hydrogen-bond donors (Lipinski definition) is 1. The van der Waals surface area contributed by atoms with Crippen LogP contribution in [0.4, 0.5) is 0 Å². The minimum atomic E-state index is 0.627. The number of thioether (sulfide) groups is 1. The van der Waals surface area contributed by atoms with Crippen LogP contribution in [0.2, 0.25) is 0 Å². The van der Waals surface area contributed by atoms with Gasteiger partial charge in [-0.3, -0.25) is 4.40 Å². The fraction of sp³-hybridized carbons (Fsp3) is 0.455. The van der Waals surface area contributed by atoms with Crippen molar-refractivity contribution in [2.24, 2.45) is 0 Å². The quantitative estimate of drug-likeness (QED) is 0.919. The minimum absolute atomic E-state index is 0.627. The Morgan fingerprint density at radius 3 is 3.06 bits per heavy atom. The smallest absolute Gasteiger partial charge is 0.155 e. The summed E-state index contributed by atoms with van der Waals surface area (Å²) in [7, 11) is 0. The first-order chi connectivity index (χ1) is 8.20. The summed E-state index contributed by atoms with van der Waals surface area (Å²) in [5.74, 6) is 0. The van der Waals surface area contributed by atoms with Gasteiger partial charge in [-0.05, 0) is 22.2 Å². The maximum absolute atomic E-state index is 4.31. The second-order valence-electron chi connectivity index (χ2n) is 3.86. The molecule has 0 spiro atoms. The zero-order valence-electron chi connectivity index (χ0n) is 9.85. The van der Waals surface area contributed by atoms with E-state index in [1.54, 1.807) is 6.20 Å². The second kappa shape index (κ2) is 5.84. The Bertz CT molecular complexity index is 499. The van der Waals surface area contributed by atoms with Crippen molar-refractivity contribution in [1.29, 1.82) is 0 Å². The van der Waals surface area contributed by atoms with Gasteiger partial charge >= 0.3 is 0 Å². The van der Waals surface area contributed by atoms with E-state index in [2.05, 4.69) is 44.4 Å². The molecule has 2 rings (SSSR count). The molecule has 0 bridgehead atoms. The molecule has 0 aromatic carbocycles. The standard InChI is InChI=1S/C11H15BrN4S/c1-8(17-2)3-13-4-9-5-15-11-6-14-10(12)7-16(9)11/h5-8,13H,3-4H2,1-2H3. The fourth-order valence-electron chi connectivity index (χ4n) is 1.53. The summed E-state index contributed by atoms with van der Waals surface area (Å²) in [5, 5.41) is 4.06. The minimum Gasteiger partial charge on any atom is -0.310 e. The van der Waals surface area contributed by atoms with Gasteiger partial charge in [-0.1, -0.05) is 6.92 Å². The van der Waals surface area contributed by atoms with Crippen molar-refractivity contribution >= 4 is 33.3 Å². The van der Waals surface area contributed by atoms with E-state index in [4.69, 9.17) is 0 Å². The molecule has 0 aliphatic heterocycles. The van der Waals surface area contributed by atoms with Crippen molar-refractivity contribution in [2.75, 3.05) is 12.8 Å². The zero-order valence-corrected chi connectivity index (χ0v) is 12.3. The summed E-state index contributed by atoms with van der Waals surface area (Å²) in [6, 6.07) is 0. The summed E-state index contributed by atoms with van der Waals surface area (Å²) in [4.78, 5) is 8.46. The third kappa shape index (κ3) is 3.20. The predicted molar refractivity (Wildman–Crippen MR) is 75.4 cm³/mol. The molecule has 0 saturated carbocycles. The van der Waals surface area contributed by atoms with Crippen molar-refractivity contribution in [2.45, 2.75) is 18.7 Å². The number of nitrogens with zero attached hydrogens (tertiary/aromatic N) is 3. The van der Waals surface area contributed by atoms with Crippen molar-refractivity contribution < 1.29 is 0 Å². The number of imidazole rings is 1. The largest absolute Gasteiger partial charge is 0.310 e. The first-order valence-corrected chi connectivity index (χ1v) is 7.50. The van der Waals surface area contributed by atoms with Crippen LogP contribution < -0.4 is 5.32 Å². The highest BCUT2D eigenvalue weighted by molar-refractivity contribution is 9.10. The fourth-order valence-corrected chi connectivity index (χ4v) is 2.13. The SMILES string of the molecule is CSC(C)CNCc1cnc2cnc(Br)cn12. The molecule has 0 radical (unpaired) electrons. The topological polar surface area (TPSA) is 42.2 Å². The Hall–Kier alpha value is -0.590. The zero-order chi connectivity index (χ0) is 12.3. The van der Waals surface area contributed by atoms with Gasteiger partial charge in [-0.2, -0.15) is 11.8 Å². The van der Waals surface area contributed by atoms with Gasteiger partial charge in [0.05, 0.1) is 18.1 Å². The normalized spacial score (nSPS) is 13.1. The molecule has 2 aromatic heterocycles. The Balaban J connectivity index is 2.06. The van der Waals surface area contributed by atoms with Crippen LogP contribution in [0.1, 0.15) is 12.6 Å². The van der Waals surface area contributed by atoms with Crippen molar-refractivity contribution in [3.8, 4) is 0 Å². The van der Waals surface area contributed by atoms with Crippen LogP contribution in [0, 0.1) is 0 Å². The Labute approximate surface area is 113 Å². The molecule has 1 atom stereocenters. The van der Waals surface area contributed by atoms with E-state index in [0.717, 1.165) is 29.0 Å². The van der Waals surface area contributed by atoms with E-state index < -0.39 is 0 Å². The lowest BCUT2D eigenvalue weighted by molar-refractivity contribution is 0.668. The molecule has 0 aliphatic rings. The third-order valence-electron chi connectivity index (χ3n) is 2.58. The molecule has 2 aromatic rings. The number of rotatable bonds is 5. The molecular weight excluding hydrogens is 300 g/mol. The van der Waals surface area contributed by atoms with Gasteiger partial charge in [-0.25, -0.2) is 9.97 Å². The molecule has 0 amide bonds. The van der Waals surface area contributed by atoms with Crippen LogP contribution in [-0.4, -0.2) is 32.4 Å².